The third-order valence-corrected chi connectivity index (χ3v) is 10.5. The molecule has 0 aliphatic carbocycles. The zero-order valence-corrected chi connectivity index (χ0v) is 32.7. The second-order valence-electron chi connectivity index (χ2n) is 14.7. The van der Waals surface area contributed by atoms with Crippen LogP contribution in [0.2, 0.25) is 0 Å². The van der Waals surface area contributed by atoms with Crippen molar-refractivity contribution >= 4 is 0 Å². The Hall–Kier alpha value is -4.26. The van der Waals surface area contributed by atoms with Crippen LogP contribution >= 0.6 is 0 Å². The smallest absolute Gasteiger partial charge is 0.187 e. The Bertz CT molecular complexity index is 1850. The van der Waals surface area contributed by atoms with Crippen molar-refractivity contribution in [1.29, 1.82) is 0 Å². The Morgan fingerprint density at radius 1 is 0.421 bits per heavy atom. The summed E-state index contributed by atoms with van der Waals surface area (Å²) in [5, 5.41) is 11.8. The molecule has 7 rings (SSSR count). The number of benzene rings is 5. The number of aliphatic hydroxyl groups excluding tert-OH is 1. The molecule has 10 atom stereocenters. The van der Waals surface area contributed by atoms with Crippen molar-refractivity contribution in [3.05, 3.63) is 179 Å². The summed E-state index contributed by atoms with van der Waals surface area (Å²) in [5.41, 5.74) is 5.02. The average molecular weight is 775 g/mol. The zero-order valence-electron chi connectivity index (χ0n) is 32.7. The first-order chi connectivity index (χ1) is 28.0. The molecular weight excluding hydrogens is 721 g/mol. The van der Waals surface area contributed by atoms with Gasteiger partial charge >= 0.3 is 0 Å². The molecule has 0 saturated carbocycles. The van der Waals surface area contributed by atoms with Gasteiger partial charge in [0.05, 0.1) is 51.8 Å². The van der Waals surface area contributed by atoms with E-state index in [-0.39, 0.29) is 19.3 Å². The average Bonchev–Trinajstić information content (AvgIpc) is 3.25. The van der Waals surface area contributed by atoms with Gasteiger partial charge in [0.15, 0.2) is 6.29 Å². The molecular formula is C48H54O9. The van der Waals surface area contributed by atoms with Crippen LogP contribution in [-0.2, 0) is 70.9 Å². The summed E-state index contributed by atoms with van der Waals surface area (Å²) in [7, 11) is 0. The van der Waals surface area contributed by atoms with Gasteiger partial charge in [-0.05, 0) is 41.7 Å². The third-order valence-electron chi connectivity index (χ3n) is 10.5. The Morgan fingerprint density at radius 2 is 0.807 bits per heavy atom. The maximum Gasteiger partial charge on any atom is 0.187 e. The molecule has 0 spiro atoms. The highest BCUT2D eigenvalue weighted by molar-refractivity contribution is 5.17. The molecule has 2 heterocycles. The highest BCUT2D eigenvalue weighted by Crippen LogP contribution is 2.35. The van der Waals surface area contributed by atoms with Gasteiger partial charge in [0.2, 0.25) is 0 Å². The number of aliphatic hydroxyl groups is 1. The topological polar surface area (TPSA) is 94.1 Å². The van der Waals surface area contributed by atoms with Crippen LogP contribution in [0.4, 0.5) is 0 Å². The molecule has 2 fully saturated rings. The fourth-order valence-electron chi connectivity index (χ4n) is 7.39. The van der Waals surface area contributed by atoms with Crippen LogP contribution in [0.15, 0.2) is 152 Å². The number of hydrogen-bond donors (Lipinski definition) is 1. The number of ether oxygens (including phenoxy) is 8. The van der Waals surface area contributed by atoms with Crippen LogP contribution in [-0.4, -0.2) is 72.9 Å². The van der Waals surface area contributed by atoms with Crippen molar-refractivity contribution in [2.24, 2.45) is 0 Å². The summed E-state index contributed by atoms with van der Waals surface area (Å²) >= 11 is 0. The first-order valence-electron chi connectivity index (χ1n) is 19.9. The van der Waals surface area contributed by atoms with Gasteiger partial charge < -0.3 is 43.0 Å². The summed E-state index contributed by atoms with van der Waals surface area (Å²) in [6.07, 6.45) is -7.16. The van der Waals surface area contributed by atoms with Gasteiger partial charge in [0, 0.05) is 0 Å². The standard InChI is InChI=1S/C48H54O9/c1-34-42(49)45(43(35(2)55-34)51-29-37-20-10-4-11-21-37)57-48-47(54-32-40-26-16-7-17-27-40)46(53-31-39-24-14-6-15-25-39)44(52-30-38-22-12-5-13-23-38)41(56-48)33-50-28-36-18-8-3-9-19-36/h3-27,34-35,41-49H,28-33H2,1-2H3/t34-,35?,41-,42?,43-,44+,45+,46?,47?,48+/m0/s1. The molecule has 0 bridgehead atoms. The van der Waals surface area contributed by atoms with E-state index in [1.54, 1.807) is 0 Å². The maximum absolute atomic E-state index is 11.8. The minimum absolute atomic E-state index is 0.182. The van der Waals surface area contributed by atoms with Gasteiger partial charge in [-0.25, -0.2) is 0 Å². The molecule has 9 nitrogen and oxygen atoms in total. The summed E-state index contributed by atoms with van der Waals surface area (Å²) in [5.74, 6) is 0. The minimum atomic E-state index is -1.02. The maximum atomic E-state index is 11.8. The molecule has 2 aliphatic rings. The highest BCUT2D eigenvalue weighted by Gasteiger charge is 2.52. The van der Waals surface area contributed by atoms with E-state index >= 15 is 0 Å². The Balaban J connectivity index is 1.23. The molecule has 0 radical (unpaired) electrons. The molecule has 300 valence electrons. The molecule has 9 heteroatoms. The lowest BCUT2D eigenvalue weighted by Gasteiger charge is -2.49. The van der Waals surface area contributed by atoms with Gasteiger partial charge in [-0.1, -0.05) is 152 Å². The van der Waals surface area contributed by atoms with Crippen molar-refractivity contribution in [2.75, 3.05) is 6.61 Å². The molecule has 5 aromatic rings. The zero-order chi connectivity index (χ0) is 39.2. The lowest BCUT2D eigenvalue weighted by molar-refractivity contribution is -0.358. The first kappa shape index (κ1) is 40.9. The molecule has 2 saturated heterocycles. The SMILES string of the molecule is CC1O[C@@H](C)C(O)[C@@H](O[C@H]2O[C@@H](COCc3ccccc3)[C@@H](OCc3ccccc3)C(OCc3ccccc3)C2OCc2ccccc2)[C@H]1OCc1ccccc1. The van der Waals surface area contributed by atoms with Gasteiger partial charge in [0.1, 0.15) is 42.7 Å². The monoisotopic (exact) mass is 774 g/mol. The predicted molar refractivity (Wildman–Crippen MR) is 216 cm³/mol. The normalized spacial score (nSPS) is 27.6. The van der Waals surface area contributed by atoms with E-state index in [1.807, 2.05) is 166 Å². The van der Waals surface area contributed by atoms with E-state index in [2.05, 4.69) is 0 Å². The number of rotatable bonds is 18. The van der Waals surface area contributed by atoms with Crippen molar-refractivity contribution in [3.63, 3.8) is 0 Å². The number of hydrogen-bond acceptors (Lipinski definition) is 9. The van der Waals surface area contributed by atoms with Crippen molar-refractivity contribution in [1.82, 2.24) is 0 Å². The molecule has 0 amide bonds. The second-order valence-corrected chi connectivity index (χ2v) is 14.7. The second kappa shape index (κ2) is 20.9. The summed E-state index contributed by atoms with van der Waals surface area (Å²) in [4.78, 5) is 0. The lowest BCUT2D eigenvalue weighted by atomic mass is 9.94. The van der Waals surface area contributed by atoms with E-state index in [0.717, 1.165) is 27.8 Å². The summed E-state index contributed by atoms with van der Waals surface area (Å²) in [6, 6.07) is 50.0. The van der Waals surface area contributed by atoms with Crippen molar-refractivity contribution in [2.45, 2.75) is 108 Å². The Kier molecular flexibility index (Phi) is 15.0. The third kappa shape index (κ3) is 11.4. The molecule has 1 N–H and O–H groups in total. The van der Waals surface area contributed by atoms with E-state index < -0.39 is 55.1 Å². The molecule has 2 aliphatic heterocycles. The summed E-state index contributed by atoms with van der Waals surface area (Å²) in [6.45, 7) is 5.53. The quantitative estimate of drug-likeness (QED) is 0.0957. The molecule has 0 aromatic heterocycles. The largest absolute Gasteiger partial charge is 0.388 e. The van der Waals surface area contributed by atoms with Crippen molar-refractivity contribution in [3.8, 4) is 0 Å². The Morgan fingerprint density at radius 3 is 1.26 bits per heavy atom. The summed E-state index contributed by atoms with van der Waals surface area (Å²) < 4.78 is 53.5. The van der Waals surface area contributed by atoms with Gasteiger partial charge in [0.25, 0.3) is 0 Å². The van der Waals surface area contributed by atoms with Crippen LogP contribution < -0.4 is 0 Å². The highest BCUT2D eigenvalue weighted by atomic mass is 16.7. The van der Waals surface area contributed by atoms with E-state index in [4.69, 9.17) is 37.9 Å². The van der Waals surface area contributed by atoms with Crippen molar-refractivity contribution < 1.29 is 43.0 Å². The Labute approximate surface area is 336 Å². The fourth-order valence-corrected chi connectivity index (χ4v) is 7.39. The first-order valence-corrected chi connectivity index (χ1v) is 19.9. The molecule has 4 unspecified atom stereocenters. The predicted octanol–water partition coefficient (Wildman–Crippen LogP) is 7.82. The van der Waals surface area contributed by atoms with E-state index in [1.165, 1.54) is 0 Å². The van der Waals surface area contributed by atoms with Gasteiger partial charge in [-0.3, -0.25) is 0 Å². The van der Waals surface area contributed by atoms with E-state index in [9.17, 15) is 5.11 Å². The van der Waals surface area contributed by atoms with Crippen LogP contribution in [0.5, 0.6) is 0 Å². The molecule has 5 aromatic carbocycles. The van der Waals surface area contributed by atoms with Crippen LogP contribution in [0, 0.1) is 0 Å². The van der Waals surface area contributed by atoms with Crippen LogP contribution in [0.25, 0.3) is 0 Å². The minimum Gasteiger partial charge on any atom is -0.388 e. The van der Waals surface area contributed by atoms with E-state index in [0.29, 0.717) is 26.4 Å². The lowest BCUT2D eigenvalue weighted by Crippen LogP contribution is -2.65. The fraction of sp³-hybridized carbons (Fsp3) is 0.375. The van der Waals surface area contributed by atoms with Crippen LogP contribution in [0.3, 0.4) is 0 Å². The molecule has 57 heavy (non-hydrogen) atoms. The van der Waals surface area contributed by atoms with Gasteiger partial charge in [-0.2, -0.15) is 0 Å². The van der Waals surface area contributed by atoms with Gasteiger partial charge in [-0.15, -0.1) is 0 Å². The van der Waals surface area contributed by atoms with Crippen LogP contribution in [0.1, 0.15) is 41.7 Å².